The van der Waals surface area contributed by atoms with E-state index in [9.17, 15) is 0 Å². The van der Waals surface area contributed by atoms with E-state index in [1.54, 1.807) is 6.26 Å². The highest BCUT2D eigenvalue weighted by atomic mass is 16.5. The predicted octanol–water partition coefficient (Wildman–Crippen LogP) is 3.22. The Morgan fingerprint density at radius 3 is 3.08 bits per heavy atom. The van der Waals surface area contributed by atoms with Gasteiger partial charge in [0, 0.05) is 5.39 Å². The molecule has 1 aromatic heterocycles. The molecule has 0 saturated carbocycles. The highest BCUT2D eigenvalue weighted by Crippen LogP contribution is 2.21. The van der Waals surface area contributed by atoms with E-state index in [0.29, 0.717) is 0 Å². The van der Waals surface area contributed by atoms with E-state index in [2.05, 4.69) is 6.92 Å². The van der Waals surface area contributed by atoms with Crippen LogP contribution in [0.3, 0.4) is 0 Å². The molecule has 0 amide bonds. The zero-order valence-corrected chi connectivity index (χ0v) is 7.62. The van der Waals surface area contributed by atoms with Crippen molar-refractivity contribution in [1.82, 2.24) is 0 Å². The molecule has 13 heavy (non-hydrogen) atoms. The molecule has 0 radical (unpaired) electrons. The summed E-state index contributed by atoms with van der Waals surface area (Å²) in [6.45, 7) is 2.86. The zero-order valence-electron chi connectivity index (χ0n) is 7.62. The van der Waals surface area contributed by atoms with Gasteiger partial charge in [0.25, 0.3) is 0 Å². The molecular formula is C11H12O2. The first kappa shape index (κ1) is 8.17. The maximum Gasteiger partial charge on any atom is 0.134 e. The normalized spacial score (nSPS) is 10.5. The average Bonchev–Trinajstić information content (AvgIpc) is 2.61. The minimum atomic E-state index is 0.767. The molecule has 0 aliphatic rings. The number of rotatable bonds is 3. The van der Waals surface area contributed by atoms with Crippen LogP contribution in [-0.4, -0.2) is 6.61 Å². The lowest BCUT2D eigenvalue weighted by Gasteiger charge is -2.02. The lowest BCUT2D eigenvalue weighted by molar-refractivity contribution is 0.318. The van der Waals surface area contributed by atoms with Crippen LogP contribution >= 0.6 is 0 Å². The monoisotopic (exact) mass is 176 g/mol. The van der Waals surface area contributed by atoms with Crippen LogP contribution in [0.1, 0.15) is 13.3 Å². The maximum absolute atomic E-state index is 5.49. The van der Waals surface area contributed by atoms with Crippen LogP contribution in [-0.2, 0) is 0 Å². The third-order valence-electron chi connectivity index (χ3n) is 1.90. The van der Waals surface area contributed by atoms with Crippen molar-refractivity contribution in [2.75, 3.05) is 6.61 Å². The van der Waals surface area contributed by atoms with Gasteiger partial charge in [0.2, 0.25) is 0 Å². The van der Waals surface area contributed by atoms with E-state index in [4.69, 9.17) is 9.15 Å². The van der Waals surface area contributed by atoms with Gasteiger partial charge in [-0.3, -0.25) is 0 Å². The lowest BCUT2D eigenvalue weighted by Crippen LogP contribution is -1.93. The summed E-state index contributed by atoms with van der Waals surface area (Å²) in [6.07, 6.45) is 2.72. The Hall–Kier alpha value is -1.44. The second-order valence-electron chi connectivity index (χ2n) is 2.97. The zero-order chi connectivity index (χ0) is 9.10. The van der Waals surface area contributed by atoms with Gasteiger partial charge in [-0.05, 0) is 30.7 Å². The molecule has 0 fully saturated rings. The van der Waals surface area contributed by atoms with Gasteiger partial charge in [0.05, 0.1) is 12.9 Å². The fraction of sp³-hybridized carbons (Fsp3) is 0.273. The van der Waals surface area contributed by atoms with Crippen molar-refractivity contribution >= 4 is 11.0 Å². The van der Waals surface area contributed by atoms with Gasteiger partial charge in [-0.2, -0.15) is 0 Å². The molecule has 0 aliphatic carbocycles. The smallest absolute Gasteiger partial charge is 0.134 e. The summed E-state index contributed by atoms with van der Waals surface area (Å²) in [4.78, 5) is 0. The summed E-state index contributed by atoms with van der Waals surface area (Å²) in [5, 5.41) is 1.09. The number of fused-ring (bicyclic) bond motifs is 1. The number of hydrogen-bond donors (Lipinski definition) is 0. The van der Waals surface area contributed by atoms with Crippen LogP contribution in [0.2, 0.25) is 0 Å². The van der Waals surface area contributed by atoms with Gasteiger partial charge >= 0.3 is 0 Å². The molecule has 2 aromatic rings. The van der Waals surface area contributed by atoms with Gasteiger partial charge < -0.3 is 9.15 Å². The van der Waals surface area contributed by atoms with E-state index in [-0.39, 0.29) is 0 Å². The Labute approximate surface area is 77.1 Å². The van der Waals surface area contributed by atoms with Crippen LogP contribution in [0.5, 0.6) is 5.75 Å². The minimum absolute atomic E-state index is 0.767. The first-order valence-electron chi connectivity index (χ1n) is 4.50. The van der Waals surface area contributed by atoms with E-state index < -0.39 is 0 Å². The van der Waals surface area contributed by atoms with Gasteiger partial charge in [-0.1, -0.05) is 6.92 Å². The third kappa shape index (κ3) is 1.66. The summed E-state index contributed by atoms with van der Waals surface area (Å²) in [7, 11) is 0. The second-order valence-corrected chi connectivity index (χ2v) is 2.97. The van der Waals surface area contributed by atoms with Crippen molar-refractivity contribution in [2.45, 2.75) is 13.3 Å². The van der Waals surface area contributed by atoms with Crippen LogP contribution in [0.4, 0.5) is 0 Å². The van der Waals surface area contributed by atoms with Crippen LogP contribution in [0, 0.1) is 0 Å². The van der Waals surface area contributed by atoms with E-state index >= 15 is 0 Å². The first-order valence-corrected chi connectivity index (χ1v) is 4.50. The Morgan fingerprint density at radius 1 is 1.31 bits per heavy atom. The third-order valence-corrected chi connectivity index (χ3v) is 1.90. The summed E-state index contributed by atoms with van der Waals surface area (Å²) in [5.41, 5.74) is 0.906. The van der Waals surface area contributed by atoms with Gasteiger partial charge in [-0.25, -0.2) is 0 Å². The predicted molar refractivity (Wildman–Crippen MR) is 52.0 cm³/mol. The molecule has 0 spiro atoms. The molecule has 0 unspecified atom stereocenters. The molecule has 0 bridgehead atoms. The van der Waals surface area contributed by atoms with Crippen molar-refractivity contribution in [2.24, 2.45) is 0 Å². The van der Waals surface area contributed by atoms with Crippen LogP contribution in [0.15, 0.2) is 34.9 Å². The van der Waals surface area contributed by atoms with Crippen molar-refractivity contribution in [1.29, 1.82) is 0 Å². The topological polar surface area (TPSA) is 22.4 Å². The number of hydrogen-bond acceptors (Lipinski definition) is 2. The van der Waals surface area contributed by atoms with E-state index in [1.165, 1.54) is 0 Å². The van der Waals surface area contributed by atoms with Crippen molar-refractivity contribution in [3.8, 4) is 5.75 Å². The molecule has 1 aromatic carbocycles. The largest absolute Gasteiger partial charge is 0.494 e. The molecule has 68 valence electrons. The molecule has 0 saturated heterocycles. The number of furan rings is 1. The fourth-order valence-electron chi connectivity index (χ4n) is 1.25. The standard InChI is InChI=1S/C11H12O2/c1-2-6-12-10-3-4-11-9(8-10)5-7-13-11/h3-5,7-8H,2,6H2,1H3. The molecule has 0 aliphatic heterocycles. The van der Waals surface area contributed by atoms with Crippen LogP contribution < -0.4 is 4.74 Å². The Bertz CT molecular complexity index is 390. The lowest BCUT2D eigenvalue weighted by atomic mass is 10.2. The molecule has 0 atom stereocenters. The molecule has 2 rings (SSSR count). The fourth-order valence-corrected chi connectivity index (χ4v) is 1.25. The first-order chi connectivity index (χ1) is 6.40. The molecule has 2 heteroatoms. The summed E-state index contributed by atoms with van der Waals surface area (Å²) in [5.74, 6) is 0.913. The van der Waals surface area contributed by atoms with Crippen molar-refractivity contribution < 1.29 is 9.15 Å². The maximum atomic E-state index is 5.49. The number of ether oxygens (including phenoxy) is 1. The SMILES string of the molecule is CCCOc1ccc2occc2c1. The summed E-state index contributed by atoms with van der Waals surface area (Å²) < 4.78 is 10.7. The quantitative estimate of drug-likeness (QED) is 0.716. The molecule has 1 heterocycles. The molecule has 0 N–H and O–H groups in total. The Kier molecular flexibility index (Phi) is 2.21. The van der Waals surface area contributed by atoms with Crippen LogP contribution in [0.25, 0.3) is 11.0 Å². The van der Waals surface area contributed by atoms with E-state index in [1.807, 2.05) is 24.3 Å². The Morgan fingerprint density at radius 2 is 2.23 bits per heavy atom. The molecule has 2 nitrogen and oxygen atoms in total. The highest BCUT2D eigenvalue weighted by Gasteiger charge is 1.98. The summed E-state index contributed by atoms with van der Waals surface area (Å²) >= 11 is 0. The minimum Gasteiger partial charge on any atom is -0.494 e. The molecular weight excluding hydrogens is 164 g/mol. The Balaban J connectivity index is 2.26. The highest BCUT2D eigenvalue weighted by molar-refractivity contribution is 5.78. The van der Waals surface area contributed by atoms with Gasteiger partial charge in [0.1, 0.15) is 11.3 Å². The van der Waals surface area contributed by atoms with E-state index in [0.717, 1.165) is 29.7 Å². The average molecular weight is 176 g/mol. The number of benzene rings is 1. The summed E-state index contributed by atoms with van der Waals surface area (Å²) in [6, 6.07) is 7.80. The second kappa shape index (κ2) is 3.52. The van der Waals surface area contributed by atoms with Crippen molar-refractivity contribution in [3.63, 3.8) is 0 Å². The van der Waals surface area contributed by atoms with Gasteiger partial charge in [0.15, 0.2) is 0 Å². The van der Waals surface area contributed by atoms with Crippen molar-refractivity contribution in [3.05, 3.63) is 30.5 Å². The van der Waals surface area contributed by atoms with Gasteiger partial charge in [-0.15, -0.1) is 0 Å².